The quantitative estimate of drug-likeness (QED) is 0.353. The summed E-state index contributed by atoms with van der Waals surface area (Å²) in [5.41, 5.74) is -2.67. The van der Waals surface area contributed by atoms with E-state index in [1.807, 2.05) is 6.07 Å². The Morgan fingerprint density at radius 2 is 1.77 bits per heavy atom. The second-order valence-corrected chi connectivity index (χ2v) is 9.96. The molecule has 1 aromatic rings. The maximum atomic E-state index is 12.5. The van der Waals surface area contributed by atoms with E-state index in [1.165, 1.54) is 32.8 Å². The van der Waals surface area contributed by atoms with E-state index in [-0.39, 0.29) is 24.7 Å². The first-order chi connectivity index (χ1) is 13.9. The fourth-order valence-corrected chi connectivity index (χ4v) is 4.09. The van der Waals surface area contributed by atoms with Crippen LogP contribution in [0.25, 0.3) is 0 Å². The summed E-state index contributed by atoms with van der Waals surface area (Å²) in [4.78, 5) is 26.2. The molecule has 1 aromatic carbocycles. The number of nitrogens with zero attached hydrogens (tertiary/aromatic N) is 1. The van der Waals surface area contributed by atoms with Crippen molar-refractivity contribution in [3.8, 4) is 0 Å². The summed E-state index contributed by atoms with van der Waals surface area (Å²) in [5, 5.41) is 10.1. The minimum atomic E-state index is -3.90. The standard InChI is InChI=1S/C20H30ClNO7S/c1-19(2,15-29-30(26,27)12-8-11-21)20(18(24)25,13-17(23)22(3)4)28-14-16-9-6-5-7-10-16/h5-7,9-10H,8,11-15H2,1-4H3,(H,24,25)/t20-/m1/s1. The Balaban J connectivity index is 3.23. The van der Waals surface area contributed by atoms with Gasteiger partial charge in [-0.05, 0) is 12.0 Å². The smallest absolute Gasteiger partial charge is 0.337 e. The molecule has 0 heterocycles. The lowest BCUT2D eigenvalue weighted by atomic mass is 9.72. The number of rotatable bonds is 13. The molecule has 0 aliphatic rings. The van der Waals surface area contributed by atoms with Crippen LogP contribution in [0, 0.1) is 5.41 Å². The van der Waals surface area contributed by atoms with Gasteiger partial charge in [-0.2, -0.15) is 8.42 Å². The van der Waals surface area contributed by atoms with Crippen molar-refractivity contribution in [3.63, 3.8) is 0 Å². The van der Waals surface area contributed by atoms with Crippen LogP contribution in [0.1, 0.15) is 32.3 Å². The van der Waals surface area contributed by atoms with Gasteiger partial charge >= 0.3 is 5.97 Å². The molecule has 1 N–H and O–H groups in total. The molecule has 0 aromatic heterocycles. The average Bonchev–Trinajstić information content (AvgIpc) is 2.68. The molecule has 30 heavy (non-hydrogen) atoms. The highest BCUT2D eigenvalue weighted by Crippen LogP contribution is 2.39. The van der Waals surface area contributed by atoms with Crippen molar-refractivity contribution in [2.24, 2.45) is 5.41 Å². The van der Waals surface area contributed by atoms with Crippen molar-refractivity contribution >= 4 is 33.6 Å². The van der Waals surface area contributed by atoms with Crippen LogP contribution in [-0.2, 0) is 35.2 Å². The molecule has 0 unspecified atom stereocenters. The van der Waals surface area contributed by atoms with Crippen LogP contribution in [0.5, 0.6) is 0 Å². The minimum absolute atomic E-state index is 0.0731. The first kappa shape index (κ1) is 26.4. The van der Waals surface area contributed by atoms with Crippen LogP contribution in [0.3, 0.4) is 0 Å². The average molecular weight is 464 g/mol. The summed E-state index contributed by atoms with van der Waals surface area (Å²) >= 11 is 5.54. The molecule has 1 atom stereocenters. The third kappa shape index (κ3) is 7.23. The van der Waals surface area contributed by atoms with E-state index < -0.39 is 46.0 Å². The van der Waals surface area contributed by atoms with Gasteiger partial charge in [-0.1, -0.05) is 44.2 Å². The number of carbonyl (C=O) groups excluding carboxylic acids is 1. The van der Waals surface area contributed by atoms with E-state index >= 15 is 0 Å². The molecule has 0 radical (unpaired) electrons. The zero-order chi connectivity index (χ0) is 23.0. The van der Waals surface area contributed by atoms with Gasteiger partial charge in [-0.25, -0.2) is 4.79 Å². The van der Waals surface area contributed by atoms with E-state index in [1.54, 1.807) is 24.3 Å². The summed E-state index contributed by atoms with van der Waals surface area (Å²) in [5.74, 6) is -1.97. The minimum Gasteiger partial charge on any atom is -0.479 e. The maximum absolute atomic E-state index is 12.5. The largest absolute Gasteiger partial charge is 0.479 e. The summed E-state index contributed by atoms with van der Waals surface area (Å²) in [6, 6.07) is 8.90. The predicted octanol–water partition coefficient (Wildman–Crippen LogP) is 2.51. The molecule has 170 valence electrons. The monoisotopic (exact) mass is 463 g/mol. The highest BCUT2D eigenvalue weighted by Gasteiger charge is 2.55. The molecule has 0 aliphatic carbocycles. The molecule has 0 saturated carbocycles. The Labute approximate surface area is 183 Å². The number of amides is 1. The van der Waals surface area contributed by atoms with Gasteiger partial charge in [-0.3, -0.25) is 8.98 Å². The molecular weight excluding hydrogens is 434 g/mol. The van der Waals surface area contributed by atoms with Gasteiger partial charge in [-0.15, -0.1) is 11.6 Å². The van der Waals surface area contributed by atoms with Gasteiger partial charge in [0.05, 0.1) is 25.4 Å². The Morgan fingerprint density at radius 3 is 2.27 bits per heavy atom. The van der Waals surface area contributed by atoms with Crippen molar-refractivity contribution in [2.75, 3.05) is 32.3 Å². The molecule has 0 fully saturated rings. The number of halogens is 1. The fraction of sp³-hybridized carbons (Fsp3) is 0.600. The normalized spacial score (nSPS) is 14.2. The second-order valence-electron chi connectivity index (χ2n) is 7.82. The van der Waals surface area contributed by atoms with Crippen LogP contribution < -0.4 is 0 Å². The number of ether oxygens (including phenoxy) is 1. The molecule has 8 nitrogen and oxygen atoms in total. The van der Waals surface area contributed by atoms with E-state index in [2.05, 4.69) is 0 Å². The summed E-state index contributed by atoms with van der Waals surface area (Å²) < 4.78 is 35.2. The predicted molar refractivity (Wildman–Crippen MR) is 114 cm³/mol. The fourth-order valence-electron chi connectivity index (χ4n) is 2.71. The SMILES string of the molecule is CN(C)C(=O)C[C@@](OCc1ccccc1)(C(=O)O)C(C)(C)COS(=O)(=O)CCCCl. The molecule has 0 spiro atoms. The lowest BCUT2D eigenvalue weighted by Crippen LogP contribution is -2.57. The Bertz CT molecular complexity index is 812. The first-order valence-electron chi connectivity index (χ1n) is 9.41. The number of aliphatic carboxylic acids is 1. The Hall–Kier alpha value is -1.68. The molecule has 0 aliphatic heterocycles. The number of hydrogen-bond acceptors (Lipinski definition) is 6. The number of alkyl halides is 1. The van der Waals surface area contributed by atoms with Crippen molar-refractivity contribution in [2.45, 2.75) is 38.9 Å². The first-order valence-corrected chi connectivity index (χ1v) is 11.5. The molecular formula is C20H30ClNO7S. The topological polar surface area (TPSA) is 110 Å². The van der Waals surface area contributed by atoms with Gasteiger partial charge in [0.15, 0.2) is 5.60 Å². The van der Waals surface area contributed by atoms with Crippen LogP contribution >= 0.6 is 11.6 Å². The Morgan fingerprint density at radius 1 is 1.17 bits per heavy atom. The third-order valence-corrected chi connectivity index (χ3v) is 6.33. The summed E-state index contributed by atoms with van der Waals surface area (Å²) in [6.07, 6.45) is -0.279. The Kier molecular flexibility index (Phi) is 9.74. The van der Waals surface area contributed by atoms with Crippen molar-refractivity contribution < 1.29 is 32.0 Å². The van der Waals surface area contributed by atoms with Crippen LogP contribution in [0.15, 0.2) is 30.3 Å². The number of carboxylic acids is 1. The summed E-state index contributed by atoms with van der Waals surface area (Å²) in [6.45, 7) is 2.47. The van der Waals surface area contributed by atoms with E-state index in [0.717, 1.165) is 0 Å². The van der Waals surface area contributed by atoms with E-state index in [4.69, 9.17) is 20.5 Å². The number of carboxylic acid groups (broad SMARTS) is 1. The molecule has 0 bridgehead atoms. The molecule has 0 saturated heterocycles. The van der Waals surface area contributed by atoms with E-state index in [0.29, 0.717) is 5.56 Å². The number of carbonyl (C=O) groups is 2. The zero-order valence-corrected chi connectivity index (χ0v) is 19.3. The number of hydrogen-bond donors (Lipinski definition) is 1. The van der Waals surface area contributed by atoms with Crippen molar-refractivity contribution in [3.05, 3.63) is 35.9 Å². The van der Waals surface area contributed by atoms with Crippen LogP contribution in [-0.4, -0.2) is 68.2 Å². The highest BCUT2D eigenvalue weighted by atomic mass is 35.5. The summed E-state index contributed by atoms with van der Waals surface area (Å²) in [7, 11) is -0.891. The second kappa shape index (κ2) is 11.1. The molecule has 10 heteroatoms. The van der Waals surface area contributed by atoms with Gasteiger partial charge in [0.2, 0.25) is 5.91 Å². The molecule has 1 amide bonds. The van der Waals surface area contributed by atoms with Crippen molar-refractivity contribution in [1.29, 1.82) is 0 Å². The third-order valence-electron chi connectivity index (χ3n) is 4.79. The van der Waals surface area contributed by atoms with Gasteiger partial charge in [0.1, 0.15) is 0 Å². The van der Waals surface area contributed by atoms with E-state index in [9.17, 15) is 23.1 Å². The van der Waals surface area contributed by atoms with Gasteiger partial charge in [0, 0.05) is 25.4 Å². The lowest BCUT2D eigenvalue weighted by Gasteiger charge is -2.42. The van der Waals surface area contributed by atoms with Crippen LogP contribution in [0.2, 0.25) is 0 Å². The van der Waals surface area contributed by atoms with Crippen LogP contribution in [0.4, 0.5) is 0 Å². The highest BCUT2D eigenvalue weighted by molar-refractivity contribution is 7.86. The number of benzene rings is 1. The molecule has 1 rings (SSSR count). The maximum Gasteiger partial charge on any atom is 0.337 e. The lowest BCUT2D eigenvalue weighted by molar-refractivity contribution is -0.196. The van der Waals surface area contributed by atoms with Crippen molar-refractivity contribution in [1.82, 2.24) is 4.90 Å². The zero-order valence-electron chi connectivity index (χ0n) is 17.8. The van der Waals surface area contributed by atoms with Gasteiger partial charge in [0.25, 0.3) is 10.1 Å². The van der Waals surface area contributed by atoms with Gasteiger partial charge < -0.3 is 14.7 Å².